The van der Waals surface area contributed by atoms with Crippen LogP contribution in [0.4, 0.5) is 0 Å². The number of nitrogens with zero attached hydrogens (tertiary/aromatic N) is 2. The van der Waals surface area contributed by atoms with Gasteiger partial charge in [0, 0.05) is 35.7 Å². The van der Waals surface area contributed by atoms with Crippen LogP contribution < -0.4 is 5.32 Å². The molecule has 3 nitrogen and oxygen atoms in total. The smallest absolute Gasteiger partial charge is 0.107 e. The maximum atomic E-state index is 4.27. The lowest BCUT2D eigenvalue weighted by Crippen LogP contribution is -2.11. The highest BCUT2D eigenvalue weighted by Crippen LogP contribution is 2.11. The largest absolute Gasteiger partial charge is 0.304 e. The van der Waals surface area contributed by atoms with E-state index in [4.69, 9.17) is 0 Å². The quantitative estimate of drug-likeness (QED) is 0.867. The minimum absolute atomic E-state index is 0.830. The van der Waals surface area contributed by atoms with E-state index >= 15 is 0 Å². The molecular formula is C9H11N3S2. The summed E-state index contributed by atoms with van der Waals surface area (Å²) in [5, 5.41) is 7.57. The van der Waals surface area contributed by atoms with Crippen LogP contribution in [0.25, 0.3) is 0 Å². The van der Waals surface area contributed by atoms with E-state index in [1.54, 1.807) is 22.7 Å². The van der Waals surface area contributed by atoms with Crippen LogP contribution in [-0.2, 0) is 13.1 Å². The Balaban J connectivity index is 1.78. The Kier molecular flexibility index (Phi) is 3.23. The predicted octanol–water partition coefficient (Wildman–Crippen LogP) is 2.20. The average molecular weight is 225 g/mol. The molecular weight excluding hydrogens is 214 g/mol. The van der Waals surface area contributed by atoms with Crippen molar-refractivity contribution in [3.63, 3.8) is 0 Å². The van der Waals surface area contributed by atoms with Crippen molar-refractivity contribution in [3.05, 3.63) is 32.7 Å². The average Bonchev–Trinajstić information content (AvgIpc) is 2.77. The Bertz CT molecular complexity index is 380. The summed E-state index contributed by atoms with van der Waals surface area (Å²) < 4.78 is 0. The van der Waals surface area contributed by atoms with E-state index in [1.807, 2.05) is 17.8 Å². The van der Waals surface area contributed by atoms with Crippen LogP contribution in [0.2, 0.25) is 0 Å². The van der Waals surface area contributed by atoms with Crippen LogP contribution in [-0.4, -0.2) is 9.97 Å². The summed E-state index contributed by atoms with van der Waals surface area (Å²) in [5.74, 6) is 0. The van der Waals surface area contributed by atoms with Gasteiger partial charge in [-0.15, -0.1) is 22.7 Å². The van der Waals surface area contributed by atoms with Crippen molar-refractivity contribution in [2.45, 2.75) is 20.0 Å². The van der Waals surface area contributed by atoms with Gasteiger partial charge < -0.3 is 5.32 Å². The second-order valence-electron chi connectivity index (χ2n) is 2.89. The molecule has 0 aliphatic carbocycles. The van der Waals surface area contributed by atoms with Gasteiger partial charge in [-0.1, -0.05) is 0 Å². The number of rotatable bonds is 4. The van der Waals surface area contributed by atoms with Gasteiger partial charge in [-0.25, -0.2) is 9.97 Å². The van der Waals surface area contributed by atoms with Gasteiger partial charge in [-0.05, 0) is 6.92 Å². The Morgan fingerprint density at radius 2 is 2.14 bits per heavy atom. The lowest BCUT2D eigenvalue weighted by Gasteiger charge is -1.97. The van der Waals surface area contributed by atoms with Gasteiger partial charge in [0.15, 0.2) is 0 Å². The fraction of sp³-hybridized carbons (Fsp3) is 0.333. The zero-order valence-corrected chi connectivity index (χ0v) is 9.49. The summed E-state index contributed by atoms with van der Waals surface area (Å²) in [6.45, 7) is 3.73. The summed E-state index contributed by atoms with van der Waals surface area (Å²) in [4.78, 5) is 9.73. The van der Waals surface area contributed by atoms with E-state index in [0.29, 0.717) is 0 Å². The molecule has 0 aliphatic rings. The molecule has 5 heteroatoms. The van der Waals surface area contributed by atoms with Crippen molar-refractivity contribution in [1.29, 1.82) is 0 Å². The van der Waals surface area contributed by atoms with Crippen LogP contribution in [0, 0.1) is 6.92 Å². The molecule has 0 bridgehead atoms. The van der Waals surface area contributed by atoms with E-state index in [1.165, 1.54) is 4.88 Å². The molecule has 2 heterocycles. The van der Waals surface area contributed by atoms with Crippen molar-refractivity contribution >= 4 is 22.7 Å². The van der Waals surface area contributed by atoms with Crippen molar-refractivity contribution in [2.24, 2.45) is 0 Å². The van der Waals surface area contributed by atoms with Crippen molar-refractivity contribution in [3.8, 4) is 0 Å². The van der Waals surface area contributed by atoms with Gasteiger partial charge in [0.2, 0.25) is 0 Å². The Hall–Kier alpha value is -0.780. The maximum Gasteiger partial charge on any atom is 0.107 e. The Labute approximate surface area is 90.9 Å². The molecule has 0 amide bonds. The monoisotopic (exact) mass is 225 g/mol. The first-order chi connectivity index (χ1) is 6.84. The maximum absolute atomic E-state index is 4.27. The molecule has 0 saturated carbocycles. The van der Waals surface area contributed by atoms with E-state index in [9.17, 15) is 0 Å². The van der Waals surface area contributed by atoms with E-state index in [-0.39, 0.29) is 0 Å². The fourth-order valence-corrected chi connectivity index (χ4v) is 2.44. The van der Waals surface area contributed by atoms with Gasteiger partial charge in [0.1, 0.15) is 10.0 Å². The highest BCUT2D eigenvalue weighted by molar-refractivity contribution is 7.11. The molecule has 0 saturated heterocycles. The first kappa shape index (κ1) is 9.76. The standard InChI is InChI=1S/C9H11N3S2/c1-7-4-12-9(14-7)6-10-5-8-11-2-3-13-8/h2-4,10H,5-6H2,1H3. The molecule has 0 aromatic carbocycles. The van der Waals surface area contributed by atoms with E-state index in [0.717, 1.165) is 23.1 Å². The van der Waals surface area contributed by atoms with Crippen molar-refractivity contribution in [2.75, 3.05) is 0 Å². The molecule has 2 aromatic heterocycles. The van der Waals surface area contributed by atoms with Crippen LogP contribution in [0.15, 0.2) is 17.8 Å². The Morgan fingerprint density at radius 1 is 1.29 bits per heavy atom. The first-order valence-corrected chi connectivity index (χ1v) is 6.04. The molecule has 74 valence electrons. The molecule has 0 unspecified atom stereocenters. The predicted molar refractivity (Wildman–Crippen MR) is 59.5 cm³/mol. The number of hydrogen-bond acceptors (Lipinski definition) is 5. The molecule has 0 spiro atoms. The SMILES string of the molecule is Cc1cnc(CNCc2nccs2)s1. The topological polar surface area (TPSA) is 37.8 Å². The summed E-state index contributed by atoms with van der Waals surface area (Å²) >= 11 is 3.41. The highest BCUT2D eigenvalue weighted by atomic mass is 32.1. The molecule has 14 heavy (non-hydrogen) atoms. The third-order valence-corrected chi connectivity index (χ3v) is 3.40. The van der Waals surface area contributed by atoms with Gasteiger partial charge in [-0.2, -0.15) is 0 Å². The molecule has 2 rings (SSSR count). The Morgan fingerprint density at radius 3 is 2.79 bits per heavy atom. The number of thiazole rings is 2. The number of aryl methyl sites for hydroxylation is 1. The lowest BCUT2D eigenvalue weighted by molar-refractivity contribution is 0.686. The van der Waals surface area contributed by atoms with Gasteiger partial charge in [-0.3, -0.25) is 0 Å². The summed E-state index contributed by atoms with van der Waals surface area (Å²) in [5.41, 5.74) is 0. The van der Waals surface area contributed by atoms with Gasteiger partial charge >= 0.3 is 0 Å². The number of aromatic nitrogens is 2. The summed E-state index contributed by atoms with van der Waals surface area (Å²) in [6.07, 6.45) is 3.74. The van der Waals surface area contributed by atoms with Crippen molar-refractivity contribution < 1.29 is 0 Å². The second kappa shape index (κ2) is 4.63. The zero-order valence-electron chi connectivity index (χ0n) is 7.86. The van der Waals surface area contributed by atoms with Crippen molar-refractivity contribution in [1.82, 2.24) is 15.3 Å². The van der Waals surface area contributed by atoms with E-state index < -0.39 is 0 Å². The second-order valence-corrected chi connectivity index (χ2v) is 5.19. The van der Waals surface area contributed by atoms with Gasteiger partial charge in [0.05, 0.1) is 0 Å². The summed E-state index contributed by atoms with van der Waals surface area (Å²) in [7, 11) is 0. The number of nitrogens with one attached hydrogen (secondary N) is 1. The van der Waals surface area contributed by atoms with Crippen LogP contribution in [0.3, 0.4) is 0 Å². The zero-order chi connectivity index (χ0) is 9.80. The molecule has 0 aliphatic heterocycles. The molecule has 0 atom stereocenters. The number of hydrogen-bond donors (Lipinski definition) is 1. The molecule has 0 radical (unpaired) electrons. The minimum Gasteiger partial charge on any atom is -0.304 e. The normalized spacial score (nSPS) is 10.6. The third kappa shape index (κ3) is 2.60. The van der Waals surface area contributed by atoms with Gasteiger partial charge in [0.25, 0.3) is 0 Å². The molecule has 1 N–H and O–H groups in total. The third-order valence-electron chi connectivity index (χ3n) is 1.71. The minimum atomic E-state index is 0.830. The van der Waals surface area contributed by atoms with E-state index in [2.05, 4.69) is 22.2 Å². The lowest BCUT2D eigenvalue weighted by atomic mass is 10.6. The summed E-state index contributed by atoms with van der Waals surface area (Å²) in [6, 6.07) is 0. The molecule has 2 aromatic rings. The first-order valence-electron chi connectivity index (χ1n) is 4.35. The van der Waals surface area contributed by atoms with Crippen LogP contribution >= 0.6 is 22.7 Å². The highest BCUT2D eigenvalue weighted by Gasteiger charge is 1.99. The van der Waals surface area contributed by atoms with Crippen LogP contribution in [0.5, 0.6) is 0 Å². The van der Waals surface area contributed by atoms with Crippen LogP contribution in [0.1, 0.15) is 14.9 Å². The fourth-order valence-electron chi connectivity index (χ4n) is 1.10. The molecule has 0 fully saturated rings.